The second-order valence-electron chi connectivity index (χ2n) is 9.05. The molecule has 14 heteroatoms. The highest BCUT2D eigenvalue weighted by molar-refractivity contribution is 5.94. The molecule has 9 N–H and O–H groups in total. The fourth-order valence-corrected chi connectivity index (χ4v) is 3.80. The van der Waals surface area contributed by atoms with E-state index in [2.05, 4.69) is 35.9 Å². The average Bonchev–Trinajstić information content (AvgIpc) is 3.61. The highest BCUT2D eigenvalue weighted by Crippen LogP contribution is 2.07. The molecule has 1 aromatic carbocycles. The number of nitrogens with one attached hydrogen (secondary N) is 5. The van der Waals surface area contributed by atoms with Crippen LogP contribution >= 0.6 is 0 Å². The Hall–Kier alpha value is -4.56. The Morgan fingerprint density at radius 2 is 1.38 bits per heavy atom. The van der Waals surface area contributed by atoms with Gasteiger partial charge in [0.25, 0.3) is 0 Å². The summed E-state index contributed by atoms with van der Waals surface area (Å²) >= 11 is 0. The number of hydrogen-bond acceptors (Lipinski definition) is 8. The van der Waals surface area contributed by atoms with Crippen LogP contribution in [-0.4, -0.2) is 84.1 Å². The first kappa shape index (κ1) is 29.0. The molecule has 3 aromatic rings. The van der Waals surface area contributed by atoms with Crippen molar-refractivity contribution < 1.29 is 29.4 Å². The molecule has 0 aliphatic carbocycles. The summed E-state index contributed by atoms with van der Waals surface area (Å²) in [5, 5.41) is 26.7. The molecule has 3 rings (SSSR count). The molecule has 208 valence electrons. The molecule has 0 fully saturated rings. The standard InChI is InChI=1S/C25H32N8O6/c1-14(34)21(25(38)39)33-24(37)19(7-15-5-3-2-4-6-15)32-23(36)20(9-17-11-28-13-30-17)31-22(35)18(26)8-16-10-27-12-29-16/h2-6,10-14,18-21,34H,7-9,26H2,1H3,(H,27,29)(H,28,30)(H,31,35)(H,32,36)(H,33,37)(H,38,39). The Kier molecular flexibility index (Phi) is 10.3. The van der Waals surface area contributed by atoms with Gasteiger partial charge < -0.3 is 41.9 Å². The number of amides is 3. The molecule has 0 aliphatic heterocycles. The van der Waals surface area contributed by atoms with Crippen LogP contribution in [0.1, 0.15) is 23.9 Å². The summed E-state index contributed by atoms with van der Waals surface area (Å²) in [7, 11) is 0. The molecule has 5 atom stereocenters. The minimum Gasteiger partial charge on any atom is -0.480 e. The molecule has 39 heavy (non-hydrogen) atoms. The summed E-state index contributed by atoms with van der Waals surface area (Å²) in [6, 6.07) is 3.83. The predicted molar refractivity (Wildman–Crippen MR) is 138 cm³/mol. The van der Waals surface area contributed by atoms with E-state index in [0.29, 0.717) is 17.0 Å². The Balaban J connectivity index is 1.79. The smallest absolute Gasteiger partial charge is 0.328 e. The van der Waals surface area contributed by atoms with Crippen molar-refractivity contribution in [2.75, 3.05) is 0 Å². The fourth-order valence-electron chi connectivity index (χ4n) is 3.80. The molecule has 2 heterocycles. The minimum atomic E-state index is -1.59. The van der Waals surface area contributed by atoms with Crippen molar-refractivity contribution in [2.45, 2.75) is 56.5 Å². The van der Waals surface area contributed by atoms with Crippen LogP contribution < -0.4 is 21.7 Å². The van der Waals surface area contributed by atoms with E-state index in [1.807, 2.05) is 0 Å². The molecule has 0 saturated carbocycles. The van der Waals surface area contributed by atoms with E-state index in [1.54, 1.807) is 30.3 Å². The average molecular weight is 541 g/mol. The zero-order chi connectivity index (χ0) is 28.4. The van der Waals surface area contributed by atoms with Crippen molar-refractivity contribution >= 4 is 23.7 Å². The minimum absolute atomic E-state index is 0.0133. The zero-order valence-corrected chi connectivity index (χ0v) is 21.2. The van der Waals surface area contributed by atoms with Gasteiger partial charge in [0.2, 0.25) is 17.7 Å². The van der Waals surface area contributed by atoms with Crippen LogP contribution in [0.2, 0.25) is 0 Å². The lowest BCUT2D eigenvalue weighted by Crippen LogP contribution is -2.59. The van der Waals surface area contributed by atoms with Gasteiger partial charge in [0.05, 0.1) is 24.8 Å². The Morgan fingerprint density at radius 3 is 1.92 bits per heavy atom. The quantitative estimate of drug-likeness (QED) is 0.118. The fraction of sp³-hybridized carbons (Fsp3) is 0.360. The van der Waals surface area contributed by atoms with Gasteiger partial charge in [0.15, 0.2) is 6.04 Å². The van der Waals surface area contributed by atoms with Crippen LogP contribution in [-0.2, 0) is 38.4 Å². The predicted octanol–water partition coefficient (Wildman–Crippen LogP) is -1.59. The number of nitrogens with two attached hydrogens (primary N) is 1. The van der Waals surface area contributed by atoms with Crippen LogP contribution in [0.3, 0.4) is 0 Å². The van der Waals surface area contributed by atoms with Crippen molar-refractivity contribution in [3.63, 3.8) is 0 Å². The number of carbonyl (C=O) groups excluding carboxylic acids is 3. The molecule has 14 nitrogen and oxygen atoms in total. The topological polar surface area (TPSA) is 228 Å². The number of benzene rings is 1. The summed E-state index contributed by atoms with van der Waals surface area (Å²) in [6.07, 6.45) is 4.70. The Bertz CT molecular complexity index is 1220. The van der Waals surface area contributed by atoms with Gasteiger partial charge in [-0.2, -0.15) is 0 Å². The van der Waals surface area contributed by atoms with E-state index in [0.717, 1.165) is 0 Å². The lowest BCUT2D eigenvalue weighted by molar-refractivity contribution is -0.145. The van der Waals surface area contributed by atoms with Crippen LogP contribution in [0.4, 0.5) is 0 Å². The number of H-pyrrole nitrogens is 2. The third-order valence-electron chi connectivity index (χ3n) is 5.91. The summed E-state index contributed by atoms with van der Waals surface area (Å²) in [4.78, 5) is 64.5. The second kappa shape index (κ2) is 13.8. The third-order valence-corrected chi connectivity index (χ3v) is 5.91. The maximum Gasteiger partial charge on any atom is 0.328 e. The second-order valence-corrected chi connectivity index (χ2v) is 9.05. The zero-order valence-electron chi connectivity index (χ0n) is 21.2. The van der Waals surface area contributed by atoms with E-state index < -0.39 is 54.0 Å². The van der Waals surface area contributed by atoms with Crippen molar-refractivity contribution in [1.82, 2.24) is 35.9 Å². The number of aliphatic hydroxyl groups is 1. The van der Waals surface area contributed by atoms with Gasteiger partial charge in [0.1, 0.15) is 12.1 Å². The first-order valence-corrected chi connectivity index (χ1v) is 12.2. The van der Waals surface area contributed by atoms with Crippen molar-refractivity contribution in [1.29, 1.82) is 0 Å². The van der Waals surface area contributed by atoms with Crippen molar-refractivity contribution in [2.24, 2.45) is 5.73 Å². The first-order chi connectivity index (χ1) is 18.6. The number of aromatic nitrogens is 4. The number of carboxylic acid groups (broad SMARTS) is 1. The van der Waals surface area contributed by atoms with E-state index in [-0.39, 0.29) is 19.3 Å². The molecule has 0 aliphatic rings. The highest BCUT2D eigenvalue weighted by atomic mass is 16.4. The lowest BCUT2D eigenvalue weighted by Gasteiger charge is -2.26. The largest absolute Gasteiger partial charge is 0.480 e. The van der Waals surface area contributed by atoms with Crippen LogP contribution in [0, 0.1) is 0 Å². The molecular formula is C25H32N8O6. The number of imidazole rings is 2. The Labute approximate surface area is 223 Å². The summed E-state index contributed by atoms with van der Waals surface area (Å²) in [5.41, 5.74) is 7.91. The molecule has 0 saturated heterocycles. The van der Waals surface area contributed by atoms with Crippen molar-refractivity contribution in [3.05, 3.63) is 72.3 Å². The van der Waals surface area contributed by atoms with Gasteiger partial charge in [-0.15, -0.1) is 0 Å². The number of aromatic amines is 2. The SMILES string of the molecule is CC(O)C(NC(=O)C(Cc1ccccc1)NC(=O)C(Cc1cnc[nH]1)NC(=O)C(N)Cc1cnc[nH]1)C(=O)O. The maximum atomic E-state index is 13.4. The normalized spacial score (nSPS) is 14.8. The molecule has 2 aromatic heterocycles. The number of hydrogen-bond donors (Lipinski definition) is 8. The lowest BCUT2D eigenvalue weighted by atomic mass is 10.0. The van der Waals surface area contributed by atoms with Gasteiger partial charge in [-0.3, -0.25) is 14.4 Å². The number of carbonyl (C=O) groups is 4. The highest BCUT2D eigenvalue weighted by Gasteiger charge is 2.32. The van der Waals surface area contributed by atoms with Gasteiger partial charge in [-0.05, 0) is 12.5 Å². The van der Waals surface area contributed by atoms with Gasteiger partial charge in [0, 0.05) is 43.0 Å². The molecule has 0 bridgehead atoms. The van der Waals surface area contributed by atoms with Gasteiger partial charge in [-0.25, -0.2) is 14.8 Å². The number of aliphatic carboxylic acids is 1. The summed E-state index contributed by atoms with van der Waals surface area (Å²) in [5.74, 6) is -3.55. The van der Waals surface area contributed by atoms with E-state index in [4.69, 9.17) is 5.73 Å². The summed E-state index contributed by atoms with van der Waals surface area (Å²) < 4.78 is 0. The first-order valence-electron chi connectivity index (χ1n) is 12.2. The molecular weight excluding hydrogens is 508 g/mol. The molecule has 0 spiro atoms. The van der Waals surface area contributed by atoms with E-state index in [9.17, 15) is 29.4 Å². The molecule has 0 radical (unpaired) electrons. The maximum absolute atomic E-state index is 13.4. The van der Waals surface area contributed by atoms with E-state index >= 15 is 0 Å². The van der Waals surface area contributed by atoms with Gasteiger partial charge >= 0.3 is 5.97 Å². The van der Waals surface area contributed by atoms with Crippen molar-refractivity contribution in [3.8, 4) is 0 Å². The molecule has 3 amide bonds. The third kappa shape index (κ3) is 8.76. The Morgan fingerprint density at radius 1 is 0.846 bits per heavy atom. The monoisotopic (exact) mass is 540 g/mol. The summed E-state index contributed by atoms with van der Waals surface area (Å²) in [6.45, 7) is 1.23. The number of nitrogens with zero attached hydrogens (tertiary/aromatic N) is 2. The van der Waals surface area contributed by atoms with Crippen LogP contribution in [0.5, 0.6) is 0 Å². The van der Waals surface area contributed by atoms with Gasteiger partial charge in [-0.1, -0.05) is 30.3 Å². The van der Waals surface area contributed by atoms with E-state index in [1.165, 1.54) is 32.0 Å². The van der Waals surface area contributed by atoms with Crippen LogP contribution in [0.25, 0.3) is 0 Å². The molecule has 5 unspecified atom stereocenters. The number of rotatable bonds is 14. The number of aliphatic hydroxyl groups excluding tert-OH is 1. The number of carboxylic acids is 1. The van der Waals surface area contributed by atoms with Crippen LogP contribution in [0.15, 0.2) is 55.4 Å².